The van der Waals surface area contributed by atoms with E-state index >= 15 is 0 Å². The molecule has 0 aliphatic carbocycles. The Morgan fingerprint density at radius 1 is 1.28 bits per heavy atom. The van der Waals surface area contributed by atoms with Gasteiger partial charge in [0.15, 0.2) is 6.61 Å². The number of ether oxygens (including phenoxy) is 2. The summed E-state index contributed by atoms with van der Waals surface area (Å²) in [6.45, 7) is 2.63. The van der Waals surface area contributed by atoms with Crippen LogP contribution in [0.2, 0.25) is 5.02 Å². The van der Waals surface area contributed by atoms with Crippen LogP contribution in [0.4, 0.5) is 5.69 Å². The first-order chi connectivity index (χ1) is 12.1. The van der Waals surface area contributed by atoms with E-state index in [1.165, 1.54) is 0 Å². The predicted molar refractivity (Wildman–Crippen MR) is 95.2 cm³/mol. The topological polar surface area (TPSA) is 55.8 Å². The second-order valence-corrected chi connectivity index (χ2v) is 6.15. The molecule has 0 N–H and O–H groups in total. The molecule has 0 saturated heterocycles. The zero-order chi connectivity index (χ0) is 17.8. The molecule has 25 heavy (non-hydrogen) atoms. The van der Waals surface area contributed by atoms with E-state index in [2.05, 4.69) is 0 Å². The van der Waals surface area contributed by atoms with E-state index in [-0.39, 0.29) is 18.5 Å². The zero-order valence-corrected chi connectivity index (χ0v) is 14.6. The summed E-state index contributed by atoms with van der Waals surface area (Å²) in [7, 11) is 0. The van der Waals surface area contributed by atoms with Crippen LogP contribution in [0.15, 0.2) is 42.5 Å². The molecular formula is C19H18ClNO4. The van der Waals surface area contributed by atoms with E-state index in [0.717, 1.165) is 12.0 Å². The molecule has 0 aromatic heterocycles. The van der Waals surface area contributed by atoms with Crippen LogP contribution >= 0.6 is 11.6 Å². The van der Waals surface area contributed by atoms with Gasteiger partial charge in [-0.1, -0.05) is 30.7 Å². The highest BCUT2D eigenvalue weighted by molar-refractivity contribution is 6.31. The molecule has 0 saturated carbocycles. The van der Waals surface area contributed by atoms with Gasteiger partial charge in [-0.25, -0.2) is 4.79 Å². The van der Waals surface area contributed by atoms with Gasteiger partial charge in [0.05, 0.1) is 24.4 Å². The SMILES string of the molecule is CCCOC(=O)c1cccc(CN2C(=O)COc3ccc(Cl)cc32)c1. The Balaban J connectivity index is 1.84. The van der Waals surface area contributed by atoms with Crippen molar-refractivity contribution in [1.29, 1.82) is 0 Å². The third-order valence-corrected chi connectivity index (χ3v) is 4.04. The van der Waals surface area contributed by atoms with Crippen molar-refractivity contribution in [2.75, 3.05) is 18.1 Å². The Morgan fingerprint density at radius 3 is 2.92 bits per heavy atom. The number of anilines is 1. The molecule has 6 heteroatoms. The number of hydrogen-bond donors (Lipinski definition) is 0. The smallest absolute Gasteiger partial charge is 0.338 e. The lowest BCUT2D eigenvalue weighted by atomic mass is 10.1. The molecule has 130 valence electrons. The maximum absolute atomic E-state index is 12.3. The molecule has 3 rings (SSSR count). The Morgan fingerprint density at radius 2 is 2.12 bits per heavy atom. The molecule has 1 aliphatic heterocycles. The number of esters is 1. The largest absolute Gasteiger partial charge is 0.482 e. The number of fused-ring (bicyclic) bond motifs is 1. The summed E-state index contributed by atoms with van der Waals surface area (Å²) in [4.78, 5) is 25.9. The minimum Gasteiger partial charge on any atom is -0.482 e. The van der Waals surface area contributed by atoms with Crippen molar-refractivity contribution in [1.82, 2.24) is 0 Å². The van der Waals surface area contributed by atoms with Crippen LogP contribution in [0.3, 0.4) is 0 Å². The number of carbonyl (C=O) groups is 2. The zero-order valence-electron chi connectivity index (χ0n) is 13.8. The van der Waals surface area contributed by atoms with Crippen LogP contribution in [-0.4, -0.2) is 25.1 Å². The molecule has 0 fully saturated rings. The van der Waals surface area contributed by atoms with E-state index < -0.39 is 0 Å². The molecule has 0 atom stereocenters. The van der Waals surface area contributed by atoms with Crippen molar-refractivity contribution in [2.45, 2.75) is 19.9 Å². The highest BCUT2D eigenvalue weighted by atomic mass is 35.5. The van der Waals surface area contributed by atoms with Gasteiger partial charge >= 0.3 is 5.97 Å². The third-order valence-electron chi connectivity index (χ3n) is 3.80. The van der Waals surface area contributed by atoms with Crippen molar-refractivity contribution in [2.24, 2.45) is 0 Å². The summed E-state index contributed by atoms with van der Waals surface area (Å²) in [6, 6.07) is 12.3. The molecule has 5 nitrogen and oxygen atoms in total. The lowest BCUT2D eigenvalue weighted by Crippen LogP contribution is -2.38. The maximum atomic E-state index is 12.3. The predicted octanol–water partition coefficient (Wildman–Crippen LogP) is 3.83. The van der Waals surface area contributed by atoms with Gasteiger partial charge in [0.1, 0.15) is 5.75 Å². The van der Waals surface area contributed by atoms with Crippen LogP contribution in [0.25, 0.3) is 0 Å². The maximum Gasteiger partial charge on any atom is 0.338 e. The molecule has 2 aromatic carbocycles. The van der Waals surface area contributed by atoms with Gasteiger partial charge in [-0.15, -0.1) is 0 Å². The summed E-state index contributed by atoms with van der Waals surface area (Å²) in [5, 5.41) is 0.527. The Hall–Kier alpha value is -2.53. The molecule has 2 aromatic rings. The lowest BCUT2D eigenvalue weighted by Gasteiger charge is -2.29. The van der Waals surface area contributed by atoms with Gasteiger partial charge in [-0.3, -0.25) is 4.79 Å². The van der Waals surface area contributed by atoms with Crippen LogP contribution in [-0.2, 0) is 16.1 Å². The molecule has 1 aliphatic rings. The summed E-state index contributed by atoms with van der Waals surface area (Å²) in [5.74, 6) is 0.0942. The second kappa shape index (κ2) is 7.57. The Bertz CT molecular complexity index is 806. The van der Waals surface area contributed by atoms with Crippen molar-refractivity contribution >= 4 is 29.2 Å². The summed E-state index contributed by atoms with van der Waals surface area (Å²) in [6.07, 6.45) is 0.769. The van der Waals surface area contributed by atoms with Crippen molar-refractivity contribution in [3.8, 4) is 5.75 Å². The summed E-state index contributed by atoms with van der Waals surface area (Å²) in [5.41, 5.74) is 1.92. The molecule has 1 amide bonds. The van der Waals surface area contributed by atoms with Crippen molar-refractivity contribution < 1.29 is 19.1 Å². The Labute approximate surface area is 151 Å². The average molecular weight is 360 g/mol. The Kier molecular flexibility index (Phi) is 5.24. The van der Waals surface area contributed by atoms with E-state index in [9.17, 15) is 9.59 Å². The van der Waals surface area contributed by atoms with Crippen LogP contribution in [0.5, 0.6) is 5.75 Å². The minimum absolute atomic E-state index is 0.0210. The molecule has 0 bridgehead atoms. The van der Waals surface area contributed by atoms with Crippen molar-refractivity contribution in [3.05, 3.63) is 58.6 Å². The van der Waals surface area contributed by atoms with E-state index in [1.54, 1.807) is 41.3 Å². The quantitative estimate of drug-likeness (QED) is 0.761. The standard InChI is InChI=1S/C19H18ClNO4/c1-2-8-24-19(23)14-5-3-4-13(9-14)11-21-16-10-15(20)6-7-17(16)25-12-18(21)22/h3-7,9-10H,2,8,11-12H2,1H3. The van der Waals surface area contributed by atoms with Crippen LogP contribution in [0.1, 0.15) is 29.3 Å². The number of rotatable bonds is 5. The fourth-order valence-electron chi connectivity index (χ4n) is 2.61. The number of benzene rings is 2. The average Bonchev–Trinajstić information content (AvgIpc) is 2.62. The number of halogens is 1. The fraction of sp³-hybridized carbons (Fsp3) is 0.263. The number of nitrogens with zero attached hydrogens (tertiary/aromatic N) is 1. The van der Waals surface area contributed by atoms with Gasteiger partial charge in [0.25, 0.3) is 5.91 Å². The van der Waals surface area contributed by atoms with Crippen molar-refractivity contribution in [3.63, 3.8) is 0 Å². The summed E-state index contributed by atoms with van der Waals surface area (Å²) < 4.78 is 10.6. The van der Waals surface area contributed by atoms with E-state index in [4.69, 9.17) is 21.1 Å². The molecular weight excluding hydrogens is 342 g/mol. The number of hydrogen-bond acceptors (Lipinski definition) is 4. The summed E-state index contributed by atoms with van der Waals surface area (Å²) >= 11 is 6.05. The monoisotopic (exact) mass is 359 g/mol. The van der Waals surface area contributed by atoms with Gasteiger partial charge in [-0.05, 0) is 42.3 Å². The lowest BCUT2D eigenvalue weighted by molar-refractivity contribution is -0.121. The van der Waals surface area contributed by atoms with Gasteiger partial charge in [0.2, 0.25) is 0 Å². The highest BCUT2D eigenvalue weighted by Crippen LogP contribution is 2.35. The first-order valence-electron chi connectivity index (χ1n) is 8.07. The minimum atomic E-state index is -0.361. The molecule has 0 spiro atoms. The van der Waals surface area contributed by atoms with E-state index in [0.29, 0.717) is 35.2 Å². The highest BCUT2D eigenvalue weighted by Gasteiger charge is 2.26. The second-order valence-electron chi connectivity index (χ2n) is 5.72. The van der Waals surface area contributed by atoms with E-state index in [1.807, 2.05) is 13.0 Å². The molecule has 1 heterocycles. The molecule has 0 unspecified atom stereocenters. The normalized spacial score (nSPS) is 13.2. The van der Waals surface area contributed by atoms with Gasteiger partial charge < -0.3 is 14.4 Å². The first kappa shape index (κ1) is 17.3. The van der Waals surface area contributed by atoms with Crippen LogP contribution in [0, 0.1) is 0 Å². The number of amides is 1. The van der Waals surface area contributed by atoms with Crippen LogP contribution < -0.4 is 9.64 Å². The first-order valence-corrected chi connectivity index (χ1v) is 8.45. The third kappa shape index (κ3) is 3.94. The fourth-order valence-corrected chi connectivity index (χ4v) is 2.77. The molecule has 0 radical (unpaired) electrons. The van der Waals surface area contributed by atoms with Gasteiger partial charge in [0, 0.05) is 5.02 Å². The van der Waals surface area contributed by atoms with Gasteiger partial charge in [-0.2, -0.15) is 0 Å². The number of carbonyl (C=O) groups excluding carboxylic acids is 2.